The first-order valence-electron chi connectivity index (χ1n) is 40.8. The number of imide groups is 1. The number of carbonyl (C=O) groups is 9. The number of Topliss-reactive ketones (excluding diaryl/α,β-unsaturated/α-hetero) is 2. The largest absolute Gasteiger partial charge is 0.479 e. The number of ketones is 2. The summed E-state index contributed by atoms with van der Waals surface area (Å²) < 4.78 is 59.2. The average molecular weight is 1700 g/mol. The number of fused-ring (bicyclic) bond motifs is 2. The zero-order chi connectivity index (χ0) is 86.1. The van der Waals surface area contributed by atoms with Crippen molar-refractivity contribution in [1.82, 2.24) is 39.8 Å². The van der Waals surface area contributed by atoms with Crippen LogP contribution in [0.15, 0.2) is 91.1 Å². The maximum absolute atomic E-state index is 14.6. The molecule has 2 saturated heterocycles. The van der Waals surface area contributed by atoms with Crippen LogP contribution in [0.4, 0.5) is 15.7 Å². The summed E-state index contributed by atoms with van der Waals surface area (Å²) in [6.07, 6.45) is -1.81. The molecule has 10 N–H and O–H groups in total. The fraction of sp³-hybridized carbons (Fsp3) is 0.553. The monoisotopic (exact) mass is 1700 g/mol. The number of benzene rings is 3. The minimum atomic E-state index is -4.38. The third kappa shape index (κ3) is 20.0. The maximum atomic E-state index is 14.6. The number of para-hydroxylation sites is 1. The Morgan fingerprint density at radius 1 is 0.842 bits per heavy atom. The van der Waals surface area contributed by atoms with Crippen LogP contribution in [0.3, 0.4) is 0 Å². The van der Waals surface area contributed by atoms with Crippen molar-refractivity contribution in [1.29, 1.82) is 0 Å². The number of aromatic carboxylic acids is 1. The number of aliphatic hydroxyl groups is 5. The topological polar surface area (TPSA) is 467 Å². The standard InChI is InChI=1S/C85H106N10O23S2/c1-48(2)55(32-58(98)36-93-56(40-115-28-29-120(112,113)114)33-64(77(93)106)95-69(100)20-21-70(95)101)34-86-49(3)65(99)31-51-14-15-54(53(30-51)16-18-66-72(102)73(103)74(104)75(118-66)79(109)110)39-116-81(111)91(25-23-57(97)38-96)26-27-117-85-44-82(5)41-83(6,45-85)43-84(42-82,46-85)47-94-50(4)61(35-87-94)59-17-19-68(89-71(59)78(107)108)92-24-22-52-10-9-11-60(62(52)37-92)76(105)90-80-88-63-12-7-8-13-67(63)119-80/h7-15,17,19-21,30,35,48-49,55-57,64,66,72-75,86,96-97,102-104H,16,18,22-29,31-34,36-47H2,1-6H3,(H,107,108)(H,109,110)(H,88,90,105)(H,112,113,114)/t49-,55+,56-,57-,64-,66-,72-,73+,74-,75-,82?,83?,84?,85?/m0/s1. The number of amides is 5. The molecule has 0 radical (unpaired) electrons. The number of aryl methyl sites for hydroxylation is 1. The molecule has 5 amide bonds. The molecule has 4 aliphatic heterocycles. The fourth-order valence-corrected chi connectivity index (χ4v) is 21.2. The number of pyridine rings is 1. The maximum Gasteiger partial charge on any atom is 0.410 e. The van der Waals surface area contributed by atoms with E-state index in [-0.39, 0.29) is 129 Å². The molecule has 6 fully saturated rings. The summed E-state index contributed by atoms with van der Waals surface area (Å²) in [6, 6.07) is 19.1. The van der Waals surface area contributed by atoms with Gasteiger partial charge in [0.2, 0.25) is 5.91 Å². The molecule has 8 aliphatic rings. The molecule has 6 aromatic rings. The van der Waals surface area contributed by atoms with Gasteiger partial charge in [-0.1, -0.05) is 81.5 Å². The molecule has 0 spiro atoms. The highest BCUT2D eigenvalue weighted by molar-refractivity contribution is 7.85. The number of carboxylic acids is 2. The second-order valence-electron chi connectivity index (χ2n) is 34.8. The summed E-state index contributed by atoms with van der Waals surface area (Å²) >= 11 is 1.39. The Balaban J connectivity index is 0.659. The van der Waals surface area contributed by atoms with Gasteiger partial charge in [-0.2, -0.15) is 13.5 Å². The lowest BCUT2D eigenvalue weighted by molar-refractivity contribution is -0.248. The second kappa shape index (κ2) is 36.4. The van der Waals surface area contributed by atoms with Gasteiger partial charge in [-0.3, -0.25) is 48.2 Å². The Hall–Kier alpha value is -9.37. The summed E-state index contributed by atoms with van der Waals surface area (Å²) in [5.74, 6) is -6.61. The lowest BCUT2D eigenvalue weighted by Crippen LogP contribution is -2.64. The van der Waals surface area contributed by atoms with Gasteiger partial charge >= 0.3 is 18.0 Å². The number of anilines is 2. The van der Waals surface area contributed by atoms with Crippen molar-refractivity contribution >= 4 is 95.8 Å². The van der Waals surface area contributed by atoms with Crippen LogP contribution in [0.1, 0.15) is 153 Å². The van der Waals surface area contributed by atoms with E-state index in [1.54, 1.807) is 43.5 Å². The van der Waals surface area contributed by atoms with Crippen molar-refractivity contribution in [2.45, 2.75) is 205 Å². The summed E-state index contributed by atoms with van der Waals surface area (Å²) in [7, 11) is -4.38. The number of aliphatic carboxylic acids is 1. The van der Waals surface area contributed by atoms with Crippen molar-refractivity contribution in [2.24, 2.45) is 28.1 Å². The number of ether oxygens (including phenoxy) is 4. The lowest BCUT2D eigenvalue weighted by Gasteiger charge is -2.69. The Labute approximate surface area is 698 Å². The van der Waals surface area contributed by atoms with Gasteiger partial charge in [0.15, 0.2) is 28.5 Å². The number of hydrogen-bond donors (Lipinski definition) is 10. The number of nitrogens with zero attached hydrogens (tertiary/aromatic N) is 8. The van der Waals surface area contributed by atoms with Gasteiger partial charge in [0.25, 0.3) is 27.8 Å². The van der Waals surface area contributed by atoms with Crippen LogP contribution < -0.4 is 15.5 Å². The number of aromatic nitrogens is 4. The first-order valence-corrected chi connectivity index (χ1v) is 43.2. The van der Waals surface area contributed by atoms with Crippen molar-refractivity contribution in [2.75, 3.05) is 75.1 Å². The number of carboxylic acid groups (broad SMARTS) is 2. The molecule has 2 unspecified atom stereocenters. The number of nitrogens with one attached hydrogen (secondary N) is 2. The third-order valence-corrected chi connectivity index (χ3v) is 26.6. The van der Waals surface area contributed by atoms with Gasteiger partial charge in [-0.05, 0) is 171 Å². The Bertz CT molecular complexity index is 4980. The predicted octanol–water partition coefficient (Wildman–Crippen LogP) is 5.88. The molecule has 3 aromatic heterocycles. The highest BCUT2D eigenvalue weighted by Crippen LogP contribution is 2.72. The highest BCUT2D eigenvalue weighted by atomic mass is 32.2. The molecule has 3 aromatic carbocycles. The van der Waals surface area contributed by atoms with Gasteiger partial charge in [0.1, 0.15) is 36.8 Å². The van der Waals surface area contributed by atoms with Crippen LogP contribution in [0, 0.1) is 35.0 Å². The smallest absolute Gasteiger partial charge is 0.410 e. The van der Waals surface area contributed by atoms with E-state index >= 15 is 0 Å². The molecule has 120 heavy (non-hydrogen) atoms. The normalized spacial score (nSPS) is 25.9. The Kier molecular flexibility index (Phi) is 26.8. The quantitative estimate of drug-likeness (QED) is 0.0123. The van der Waals surface area contributed by atoms with Gasteiger partial charge in [0.05, 0.1) is 85.0 Å². The molecule has 4 aliphatic carbocycles. The summed E-state index contributed by atoms with van der Waals surface area (Å²) in [4.78, 5) is 136. The van der Waals surface area contributed by atoms with Gasteiger partial charge in [0, 0.05) is 86.5 Å². The third-order valence-electron chi connectivity index (χ3n) is 25.0. The van der Waals surface area contributed by atoms with Crippen molar-refractivity contribution < 1.29 is 111 Å². The van der Waals surface area contributed by atoms with E-state index in [4.69, 9.17) is 29.0 Å². The average Bonchev–Trinajstić information content (AvgIpc) is 0.843. The highest BCUT2D eigenvalue weighted by Gasteiger charge is 2.66. The van der Waals surface area contributed by atoms with E-state index < -0.39 is 132 Å². The van der Waals surface area contributed by atoms with Crippen LogP contribution >= 0.6 is 11.3 Å². The molecular formula is C85H106N10O23S2. The summed E-state index contributed by atoms with van der Waals surface area (Å²) in [5.41, 5.74) is 5.02. The summed E-state index contributed by atoms with van der Waals surface area (Å²) in [5, 5.41) is 85.3. The molecule has 14 rings (SSSR count). The number of carbonyl (C=O) groups excluding carboxylic acids is 7. The van der Waals surface area contributed by atoms with E-state index in [1.165, 1.54) is 21.1 Å². The molecular weight excluding hydrogens is 1590 g/mol. The molecule has 4 bridgehead atoms. The van der Waals surface area contributed by atoms with Gasteiger partial charge < -0.3 is 74.7 Å². The number of aliphatic hydroxyl groups excluding tert-OH is 5. The van der Waals surface area contributed by atoms with Gasteiger partial charge in [-0.15, -0.1) is 0 Å². The number of hydrogen-bond acceptors (Lipinski definition) is 26. The van der Waals surface area contributed by atoms with E-state index in [2.05, 4.69) is 29.5 Å². The molecule has 12 atom stereocenters. The van der Waals surface area contributed by atoms with Crippen LogP contribution in [0.25, 0.3) is 21.3 Å². The first-order chi connectivity index (χ1) is 56.9. The Morgan fingerprint density at radius 3 is 2.28 bits per heavy atom. The second-order valence-corrected chi connectivity index (χ2v) is 37.4. The van der Waals surface area contributed by atoms with Crippen LogP contribution in [-0.4, -0.2) is 262 Å². The number of rotatable bonds is 38. The molecule has 7 heterocycles. The van der Waals surface area contributed by atoms with Gasteiger partial charge in [-0.25, -0.2) is 24.4 Å². The zero-order valence-electron chi connectivity index (χ0n) is 68.0. The lowest BCUT2D eigenvalue weighted by atomic mass is 9.39. The van der Waals surface area contributed by atoms with E-state index in [0.29, 0.717) is 76.8 Å². The zero-order valence-corrected chi connectivity index (χ0v) is 69.6. The van der Waals surface area contributed by atoms with Crippen molar-refractivity contribution in [3.8, 4) is 11.1 Å². The van der Waals surface area contributed by atoms with Crippen LogP contribution in [0.5, 0.6) is 0 Å². The molecule has 33 nitrogen and oxygen atoms in total. The van der Waals surface area contributed by atoms with Crippen molar-refractivity contribution in [3.05, 3.63) is 136 Å². The number of likely N-dealkylation sites (tertiary alicyclic amines) is 1. The minimum Gasteiger partial charge on any atom is -0.479 e. The molecule has 35 heteroatoms. The van der Waals surface area contributed by atoms with E-state index in [1.807, 2.05) is 72.8 Å². The van der Waals surface area contributed by atoms with Crippen LogP contribution in [0.2, 0.25) is 0 Å². The predicted molar refractivity (Wildman–Crippen MR) is 436 cm³/mol. The van der Waals surface area contributed by atoms with E-state index in [9.17, 15) is 91.9 Å². The van der Waals surface area contributed by atoms with Crippen molar-refractivity contribution in [3.63, 3.8) is 0 Å². The van der Waals surface area contributed by atoms with E-state index in [0.717, 1.165) is 76.2 Å². The Morgan fingerprint density at radius 2 is 1.58 bits per heavy atom. The SMILES string of the molecule is Cc1c(-c2ccc(N3CCc4cccc(C(=O)Nc5nc6ccccc6s5)c4C3)nc2C(=O)O)cnn1CC12CC3(C)CC(C)(C1)CC(OCCN(CC[C@H](O)CO)C(=O)OCc1ccc(CC(=O)[C@H](C)NC[C@@H](CC(=O)CN4C(=O)[C@@H](N5C(=O)C=CC5=O)C[C@H]4COCCS(=O)(=O)O)C(C)C)cc1CC[C@@H]1O[C@H](C(=O)O)[C@@H](O)[C@H](O)[C@H]1O)(C3)C2. The fourth-order valence-electron chi connectivity index (χ4n) is 20.0. The molecule has 646 valence electrons. The van der Waals surface area contributed by atoms with Crippen LogP contribution in [-0.2, 0) is 96.8 Å². The number of thiazole rings is 1. The summed E-state index contributed by atoms with van der Waals surface area (Å²) in [6.45, 7) is 11.5. The first kappa shape index (κ1) is 88.4. The molecule has 4 saturated carbocycles. The minimum absolute atomic E-state index is 0.0104.